The molecule has 118 valence electrons. The predicted octanol–water partition coefficient (Wildman–Crippen LogP) is 2.66. The summed E-state index contributed by atoms with van der Waals surface area (Å²) in [6.07, 6.45) is 1.43. The lowest BCUT2D eigenvalue weighted by atomic mass is 10.1. The van der Waals surface area contributed by atoms with Crippen molar-refractivity contribution in [2.45, 2.75) is 6.92 Å². The second-order valence-electron chi connectivity index (χ2n) is 5.30. The number of carbonyl (C=O) groups is 1. The summed E-state index contributed by atoms with van der Waals surface area (Å²) in [5.74, 6) is -0.433. The quantitative estimate of drug-likeness (QED) is 0.693. The minimum atomic E-state index is -0.433. The molecule has 0 unspecified atom stereocenters. The highest BCUT2D eigenvalue weighted by Gasteiger charge is 2.18. The summed E-state index contributed by atoms with van der Waals surface area (Å²) in [5, 5.41) is 10.0. The van der Waals surface area contributed by atoms with E-state index in [4.69, 9.17) is 4.74 Å². The molecule has 2 aromatic carbocycles. The predicted molar refractivity (Wildman–Crippen MR) is 89.1 cm³/mol. The molecule has 0 fully saturated rings. The Bertz CT molecular complexity index is 849. The van der Waals surface area contributed by atoms with E-state index in [0.717, 1.165) is 22.1 Å². The van der Waals surface area contributed by atoms with E-state index < -0.39 is 5.97 Å². The summed E-state index contributed by atoms with van der Waals surface area (Å²) in [5.41, 5.74) is 2.16. The van der Waals surface area contributed by atoms with Crippen molar-refractivity contribution in [3.63, 3.8) is 0 Å². The van der Waals surface area contributed by atoms with Gasteiger partial charge >= 0.3 is 5.97 Å². The van der Waals surface area contributed by atoms with Crippen LogP contribution in [0.15, 0.2) is 42.6 Å². The molecular weight excluding hydrogens is 292 g/mol. The number of fused-ring (bicyclic) bond motifs is 1. The van der Waals surface area contributed by atoms with Gasteiger partial charge in [0.2, 0.25) is 0 Å². The zero-order chi connectivity index (χ0) is 16.4. The number of esters is 1. The molecule has 6 nitrogen and oxygen atoms in total. The zero-order valence-corrected chi connectivity index (χ0v) is 13.4. The van der Waals surface area contributed by atoms with Crippen molar-refractivity contribution in [1.82, 2.24) is 15.0 Å². The number of rotatable bonds is 4. The molecule has 0 aliphatic rings. The molecule has 0 saturated carbocycles. The van der Waals surface area contributed by atoms with Crippen LogP contribution in [0.25, 0.3) is 16.5 Å². The Balaban J connectivity index is 2.26. The normalized spacial score (nSPS) is 10.7. The molecule has 6 heteroatoms. The molecule has 0 radical (unpaired) electrons. The van der Waals surface area contributed by atoms with E-state index in [0.29, 0.717) is 12.3 Å². The number of anilines is 1. The van der Waals surface area contributed by atoms with Gasteiger partial charge in [0.1, 0.15) is 0 Å². The van der Waals surface area contributed by atoms with Crippen LogP contribution >= 0.6 is 0 Å². The number of nitrogens with zero attached hydrogens (tertiary/aromatic N) is 4. The molecular formula is C17H18N4O2. The third-order valence-corrected chi connectivity index (χ3v) is 3.60. The van der Waals surface area contributed by atoms with Crippen molar-refractivity contribution >= 4 is 22.4 Å². The highest BCUT2D eigenvalue weighted by molar-refractivity contribution is 6.01. The SMILES string of the molecule is CCOC(=O)c1cnnn1-c1cccc2cccc(N(C)C)c12. The van der Waals surface area contributed by atoms with Crippen molar-refractivity contribution in [2.75, 3.05) is 25.6 Å². The van der Waals surface area contributed by atoms with E-state index in [1.165, 1.54) is 10.9 Å². The van der Waals surface area contributed by atoms with Crippen molar-refractivity contribution in [2.24, 2.45) is 0 Å². The van der Waals surface area contributed by atoms with E-state index in [2.05, 4.69) is 10.3 Å². The molecule has 3 rings (SSSR count). The average Bonchev–Trinajstić information content (AvgIpc) is 3.03. The Kier molecular flexibility index (Phi) is 3.97. The number of hydrogen-bond acceptors (Lipinski definition) is 5. The van der Waals surface area contributed by atoms with Crippen molar-refractivity contribution in [3.05, 3.63) is 48.3 Å². The van der Waals surface area contributed by atoms with E-state index in [9.17, 15) is 4.79 Å². The van der Waals surface area contributed by atoms with Gasteiger partial charge in [0.25, 0.3) is 0 Å². The van der Waals surface area contributed by atoms with Crippen LogP contribution in [0.5, 0.6) is 0 Å². The van der Waals surface area contributed by atoms with Crippen molar-refractivity contribution in [3.8, 4) is 5.69 Å². The first kappa shape index (κ1) is 15.0. The first-order chi connectivity index (χ1) is 11.1. The summed E-state index contributed by atoms with van der Waals surface area (Å²) in [7, 11) is 3.97. The van der Waals surface area contributed by atoms with Crippen LogP contribution in [0.1, 0.15) is 17.4 Å². The maximum atomic E-state index is 12.1. The summed E-state index contributed by atoms with van der Waals surface area (Å²) < 4.78 is 6.62. The molecule has 0 amide bonds. The van der Waals surface area contributed by atoms with Crippen LogP contribution in [0, 0.1) is 0 Å². The van der Waals surface area contributed by atoms with E-state index in [-0.39, 0.29) is 0 Å². The Labute approximate surface area is 134 Å². The van der Waals surface area contributed by atoms with Gasteiger partial charge in [-0.1, -0.05) is 29.5 Å². The van der Waals surface area contributed by atoms with Gasteiger partial charge < -0.3 is 9.64 Å². The van der Waals surface area contributed by atoms with Gasteiger partial charge in [-0.3, -0.25) is 0 Å². The summed E-state index contributed by atoms with van der Waals surface area (Å²) >= 11 is 0. The lowest BCUT2D eigenvalue weighted by molar-refractivity contribution is 0.0516. The second kappa shape index (κ2) is 6.08. The van der Waals surface area contributed by atoms with Crippen LogP contribution < -0.4 is 4.90 Å². The molecule has 0 N–H and O–H groups in total. The molecule has 1 heterocycles. The third kappa shape index (κ3) is 2.63. The lowest BCUT2D eigenvalue weighted by Gasteiger charge is -2.18. The maximum Gasteiger partial charge on any atom is 0.358 e. The molecule has 3 aromatic rings. The van der Waals surface area contributed by atoms with E-state index in [1.807, 2.05) is 55.4 Å². The molecule has 0 aliphatic carbocycles. The Hall–Kier alpha value is -2.89. The molecule has 1 aromatic heterocycles. The largest absolute Gasteiger partial charge is 0.461 e. The Morgan fingerprint density at radius 1 is 1.22 bits per heavy atom. The molecule has 0 atom stereocenters. The van der Waals surface area contributed by atoms with Gasteiger partial charge in [0.05, 0.1) is 18.5 Å². The topological polar surface area (TPSA) is 60.2 Å². The zero-order valence-electron chi connectivity index (χ0n) is 13.4. The van der Waals surface area contributed by atoms with Gasteiger partial charge in [-0.2, -0.15) is 0 Å². The highest BCUT2D eigenvalue weighted by atomic mass is 16.5. The number of ether oxygens (including phenoxy) is 1. The fourth-order valence-electron chi connectivity index (χ4n) is 2.61. The summed E-state index contributed by atoms with van der Waals surface area (Å²) in [6, 6.07) is 12.0. The van der Waals surface area contributed by atoms with Crippen LogP contribution in [0.3, 0.4) is 0 Å². The van der Waals surface area contributed by atoms with Crippen LogP contribution in [-0.4, -0.2) is 41.7 Å². The molecule has 0 bridgehead atoms. The number of carbonyl (C=O) groups excluding carboxylic acids is 1. The highest BCUT2D eigenvalue weighted by Crippen LogP contribution is 2.31. The minimum Gasteiger partial charge on any atom is -0.461 e. The van der Waals surface area contributed by atoms with Gasteiger partial charge in [-0.05, 0) is 24.4 Å². The first-order valence-corrected chi connectivity index (χ1v) is 7.40. The van der Waals surface area contributed by atoms with Gasteiger partial charge in [0, 0.05) is 25.2 Å². The van der Waals surface area contributed by atoms with Gasteiger partial charge in [-0.15, -0.1) is 5.10 Å². The fraction of sp³-hybridized carbons (Fsp3) is 0.235. The van der Waals surface area contributed by atoms with Crippen LogP contribution in [0.2, 0.25) is 0 Å². The third-order valence-electron chi connectivity index (χ3n) is 3.60. The van der Waals surface area contributed by atoms with Crippen molar-refractivity contribution in [1.29, 1.82) is 0 Å². The fourth-order valence-corrected chi connectivity index (χ4v) is 2.61. The first-order valence-electron chi connectivity index (χ1n) is 7.40. The van der Waals surface area contributed by atoms with Gasteiger partial charge in [-0.25, -0.2) is 9.48 Å². The van der Waals surface area contributed by atoms with Crippen molar-refractivity contribution < 1.29 is 9.53 Å². The smallest absolute Gasteiger partial charge is 0.358 e. The van der Waals surface area contributed by atoms with Gasteiger partial charge in [0.15, 0.2) is 5.69 Å². The minimum absolute atomic E-state index is 0.308. The second-order valence-corrected chi connectivity index (χ2v) is 5.30. The number of hydrogen-bond donors (Lipinski definition) is 0. The van der Waals surface area contributed by atoms with E-state index >= 15 is 0 Å². The van der Waals surface area contributed by atoms with E-state index in [1.54, 1.807) is 6.92 Å². The number of aromatic nitrogens is 3. The standard InChI is InChI=1S/C17H18N4O2/c1-4-23-17(22)15-11-18-19-21(15)14-10-6-8-12-7-5-9-13(16(12)14)20(2)3/h5-11H,4H2,1-3H3. The summed E-state index contributed by atoms with van der Waals surface area (Å²) in [4.78, 5) is 14.2. The molecule has 23 heavy (non-hydrogen) atoms. The Morgan fingerprint density at radius 3 is 2.65 bits per heavy atom. The van der Waals surface area contributed by atoms with Crippen LogP contribution in [0.4, 0.5) is 5.69 Å². The molecule has 0 spiro atoms. The maximum absolute atomic E-state index is 12.1. The summed E-state index contributed by atoms with van der Waals surface area (Å²) in [6.45, 7) is 2.08. The Morgan fingerprint density at radius 2 is 1.96 bits per heavy atom. The molecule has 0 aliphatic heterocycles. The lowest BCUT2D eigenvalue weighted by Crippen LogP contribution is -2.14. The monoisotopic (exact) mass is 310 g/mol. The average molecular weight is 310 g/mol. The number of benzene rings is 2. The molecule has 0 saturated heterocycles. The van der Waals surface area contributed by atoms with Crippen LogP contribution in [-0.2, 0) is 4.74 Å².